The lowest BCUT2D eigenvalue weighted by molar-refractivity contribution is -0.258. The van der Waals surface area contributed by atoms with Crippen molar-refractivity contribution in [1.82, 2.24) is 15.1 Å². The maximum atomic E-state index is 12.7. The summed E-state index contributed by atoms with van der Waals surface area (Å²) in [5, 5.41) is 12.3. The number of hydrogen-bond donors (Lipinski definition) is 2. The monoisotopic (exact) mass is 309 g/mol. The van der Waals surface area contributed by atoms with E-state index in [1.807, 2.05) is 0 Å². The smallest absolute Gasteiger partial charge is 0.380 e. The number of rotatable bonds is 3. The Morgan fingerprint density at radius 1 is 1.29 bits per heavy atom. The van der Waals surface area contributed by atoms with Gasteiger partial charge in [-0.05, 0) is 26.2 Å². The Hall–Kier alpha value is -1.02. The zero-order valence-electron chi connectivity index (χ0n) is 12.1. The van der Waals surface area contributed by atoms with E-state index in [4.69, 9.17) is 0 Å². The first-order valence-corrected chi connectivity index (χ1v) is 7.26. The van der Waals surface area contributed by atoms with Crippen molar-refractivity contribution in [2.45, 2.75) is 44.0 Å². The van der Waals surface area contributed by atoms with Crippen LogP contribution in [-0.4, -0.2) is 71.5 Å². The molecule has 0 bridgehead atoms. The molecule has 2 aliphatic rings. The van der Waals surface area contributed by atoms with E-state index in [-0.39, 0.29) is 12.1 Å². The minimum atomic E-state index is -4.63. The van der Waals surface area contributed by atoms with Crippen LogP contribution in [0.4, 0.5) is 18.0 Å². The highest BCUT2D eigenvalue weighted by atomic mass is 19.4. The Bertz CT molecular complexity index is 379. The van der Waals surface area contributed by atoms with Gasteiger partial charge < -0.3 is 15.3 Å². The summed E-state index contributed by atoms with van der Waals surface area (Å²) in [4.78, 5) is 15.1. The lowest BCUT2D eigenvalue weighted by atomic mass is 9.99. The first-order chi connectivity index (χ1) is 9.71. The van der Waals surface area contributed by atoms with Gasteiger partial charge in [0.15, 0.2) is 5.60 Å². The zero-order valence-corrected chi connectivity index (χ0v) is 12.1. The number of piperidine rings is 1. The predicted molar refractivity (Wildman–Crippen MR) is 70.9 cm³/mol. The molecule has 0 unspecified atom stereocenters. The maximum absolute atomic E-state index is 12.7. The SMILES string of the molecule is C[C@](O)(CN1CCC(N2CCCNC2=O)CC1)C(F)(F)F. The van der Waals surface area contributed by atoms with Crippen molar-refractivity contribution in [1.29, 1.82) is 0 Å². The fraction of sp³-hybridized carbons (Fsp3) is 0.923. The average molecular weight is 309 g/mol. The number of alkyl halides is 3. The van der Waals surface area contributed by atoms with Crippen molar-refractivity contribution in [3.63, 3.8) is 0 Å². The van der Waals surface area contributed by atoms with Crippen molar-refractivity contribution in [2.75, 3.05) is 32.7 Å². The minimum absolute atomic E-state index is 0.0809. The summed E-state index contributed by atoms with van der Waals surface area (Å²) in [6, 6.07) is -0.000580. The van der Waals surface area contributed by atoms with E-state index in [1.54, 1.807) is 9.80 Å². The second-order valence-electron chi connectivity index (χ2n) is 6.06. The first kappa shape index (κ1) is 16.4. The summed E-state index contributed by atoms with van der Waals surface area (Å²) in [5.74, 6) is 0. The predicted octanol–water partition coefficient (Wildman–Crippen LogP) is 1.18. The van der Waals surface area contributed by atoms with E-state index >= 15 is 0 Å². The molecular weight excluding hydrogens is 287 g/mol. The normalized spacial score (nSPS) is 25.6. The van der Waals surface area contributed by atoms with Gasteiger partial charge in [0.25, 0.3) is 0 Å². The van der Waals surface area contributed by atoms with Crippen LogP contribution in [0, 0.1) is 0 Å². The molecule has 0 aromatic carbocycles. The Balaban J connectivity index is 1.84. The van der Waals surface area contributed by atoms with E-state index in [2.05, 4.69) is 5.32 Å². The molecule has 2 amide bonds. The number of carbonyl (C=O) groups is 1. The highest BCUT2D eigenvalue weighted by Crippen LogP contribution is 2.31. The number of nitrogens with zero attached hydrogens (tertiary/aromatic N) is 2. The number of halogens is 3. The third kappa shape index (κ3) is 3.79. The van der Waals surface area contributed by atoms with Crippen LogP contribution in [0.5, 0.6) is 0 Å². The fourth-order valence-electron chi connectivity index (χ4n) is 2.91. The molecule has 0 aromatic heterocycles. The van der Waals surface area contributed by atoms with Crippen LogP contribution >= 0.6 is 0 Å². The quantitative estimate of drug-likeness (QED) is 0.823. The third-order valence-electron chi connectivity index (χ3n) is 4.25. The van der Waals surface area contributed by atoms with Crippen LogP contribution in [0.1, 0.15) is 26.2 Å². The zero-order chi connectivity index (χ0) is 15.7. The van der Waals surface area contributed by atoms with Crippen molar-refractivity contribution >= 4 is 6.03 Å². The molecule has 8 heteroatoms. The molecule has 0 saturated carbocycles. The number of likely N-dealkylation sites (tertiary alicyclic amines) is 1. The molecule has 0 radical (unpaired) electrons. The highest BCUT2D eigenvalue weighted by Gasteiger charge is 2.50. The van der Waals surface area contributed by atoms with Gasteiger partial charge in [-0.3, -0.25) is 4.90 Å². The van der Waals surface area contributed by atoms with Gasteiger partial charge in [-0.1, -0.05) is 0 Å². The van der Waals surface area contributed by atoms with Gasteiger partial charge in [-0.15, -0.1) is 0 Å². The minimum Gasteiger partial charge on any atom is -0.380 e. The lowest BCUT2D eigenvalue weighted by Gasteiger charge is -2.42. The van der Waals surface area contributed by atoms with Crippen molar-refractivity contribution in [3.8, 4) is 0 Å². The maximum Gasteiger partial charge on any atom is 0.418 e. The summed E-state index contributed by atoms with van der Waals surface area (Å²) < 4.78 is 38.0. The molecule has 122 valence electrons. The van der Waals surface area contributed by atoms with Gasteiger partial charge >= 0.3 is 12.2 Å². The molecule has 2 rings (SSSR count). The number of urea groups is 1. The molecule has 0 aliphatic carbocycles. The van der Waals surface area contributed by atoms with Crippen molar-refractivity contribution in [2.24, 2.45) is 0 Å². The van der Waals surface area contributed by atoms with Gasteiger partial charge in [0.2, 0.25) is 0 Å². The van der Waals surface area contributed by atoms with E-state index < -0.39 is 18.3 Å². The van der Waals surface area contributed by atoms with Crippen LogP contribution in [0.15, 0.2) is 0 Å². The van der Waals surface area contributed by atoms with Gasteiger partial charge in [0, 0.05) is 38.8 Å². The van der Waals surface area contributed by atoms with E-state index in [0.29, 0.717) is 39.0 Å². The summed E-state index contributed by atoms with van der Waals surface area (Å²) in [6.45, 7) is 2.69. The number of β-amino-alcohol motifs (C(OH)–C–C–N with tert-alkyl or cyclic N) is 1. The molecule has 0 aromatic rings. The van der Waals surface area contributed by atoms with Crippen molar-refractivity contribution < 1.29 is 23.1 Å². The van der Waals surface area contributed by atoms with Crippen LogP contribution in [0.3, 0.4) is 0 Å². The summed E-state index contributed by atoms with van der Waals surface area (Å²) in [6.07, 6.45) is -2.45. The molecule has 2 aliphatic heterocycles. The number of amides is 2. The number of nitrogens with one attached hydrogen (secondary N) is 1. The molecule has 2 heterocycles. The molecule has 5 nitrogen and oxygen atoms in total. The first-order valence-electron chi connectivity index (χ1n) is 7.26. The summed E-state index contributed by atoms with van der Waals surface area (Å²) >= 11 is 0. The molecular formula is C13H22F3N3O2. The molecule has 2 saturated heterocycles. The lowest BCUT2D eigenvalue weighted by Crippen LogP contribution is -2.57. The largest absolute Gasteiger partial charge is 0.418 e. The molecule has 2 N–H and O–H groups in total. The molecule has 1 atom stereocenters. The van der Waals surface area contributed by atoms with E-state index in [9.17, 15) is 23.1 Å². The standard InChI is InChI=1S/C13H22F3N3O2/c1-12(21,13(14,15)16)9-18-7-3-10(4-8-18)19-6-2-5-17-11(19)20/h10,21H,2-9H2,1H3,(H,17,20)/t12-/m0/s1. The molecule has 2 fully saturated rings. The second-order valence-corrected chi connectivity index (χ2v) is 6.06. The van der Waals surface area contributed by atoms with E-state index in [1.165, 1.54) is 0 Å². The Labute approximate surface area is 122 Å². The van der Waals surface area contributed by atoms with Gasteiger partial charge in [-0.2, -0.15) is 13.2 Å². The third-order valence-corrected chi connectivity index (χ3v) is 4.25. The molecule has 0 spiro atoms. The second kappa shape index (κ2) is 6.00. The van der Waals surface area contributed by atoms with Gasteiger partial charge in [0.1, 0.15) is 0 Å². The van der Waals surface area contributed by atoms with Crippen LogP contribution in [0.2, 0.25) is 0 Å². The Kier molecular flexibility index (Phi) is 4.67. The topological polar surface area (TPSA) is 55.8 Å². The summed E-state index contributed by atoms with van der Waals surface area (Å²) in [7, 11) is 0. The van der Waals surface area contributed by atoms with E-state index in [0.717, 1.165) is 13.3 Å². The van der Waals surface area contributed by atoms with Crippen LogP contribution in [-0.2, 0) is 0 Å². The number of aliphatic hydroxyl groups is 1. The van der Waals surface area contributed by atoms with Crippen molar-refractivity contribution in [3.05, 3.63) is 0 Å². The Morgan fingerprint density at radius 2 is 1.90 bits per heavy atom. The van der Waals surface area contributed by atoms with Crippen LogP contribution in [0.25, 0.3) is 0 Å². The van der Waals surface area contributed by atoms with Crippen LogP contribution < -0.4 is 5.32 Å². The number of carbonyl (C=O) groups excluding carboxylic acids is 1. The molecule has 21 heavy (non-hydrogen) atoms. The van der Waals surface area contributed by atoms with Gasteiger partial charge in [-0.25, -0.2) is 4.79 Å². The highest BCUT2D eigenvalue weighted by molar-refractivity contribution is 5.75. The van der Waals surface area contributed by atoms with Gasteiger partial charge in [0.05, 0.1) is 0 Å². The average Bonchev–Trinajstić information content (AvgIpc) is 2.39. The fourth-order valence-corrected chi connectivity index (χ4v) is 2.91. The summed E-state index contributed by atoms with van der Waals surface area (Å²) in [5.41, 5.74) is -2.69. The number of hydrogen-bond acceptors (Lipinski definition) is 3. The Morgan fingerprint density at radius 3 is 2.43 bits per heavy atom.